The Bertz CT molecular complexity index is 637. The van der Waals surface area contributed by atoms with Gasteiger partial charge in [-0.3, -0.25) is 4.79 Å². The maximum absolute atomic E-state index is 11.9. The zero-order chi connectivity index (χ0) is 14.5. The smallest absolute Gasteiger partial charge is 0.264 e. The molecule has 2 rings (SSSR count). The second-order valence-corrected chi connectivity index (χ2v) is 6.75. The van der Waals surface area contributed by atoms with Crippen LogP contribution < -0.4 is 5.56 Å². The van der Waals surface area contributed by atoms with Crippen molar-refractivity contribution in [2.75, 3.05) is 0 Å². The Balaban J connectivity index is 2.13. The summed E-state index contributed by atoms with van der Waals surface area (Å²) in [4.78, 5) is 20.5. The SMILES string of the molecule is CCCc1nc(CSc2ccc(C)cc2)[nH]c(=O)c1I. The summed E-state index contributed by atoms with van der Waals surface area (Å²) in [6.07, 6.45) is 1.85. The first kappa shape index (κ1) is 15.6. The molecular weight excluding hydrogens is 383 g/mol. The number of halogens is 1. The molecule has 0 aliphatic rings. The third-order valence-electron chi connectivity index (χ3n) is 2.86. The quantitative estimate of drug-likeness (QED) is 0.611. The maximum atomic E-state index is 11.9. The topological polar surface area (TPSA) is 45.8 Å². The van der Waals surface area contributed by atoms with E-state index in [0.717, 1.165) is 24.4 Å². The van der Waals surface area contributed by atoms with Crippen LogP contribution in [0.25, 0.3) is 0 Å². The number of hydrogen-bond acceptors (Lipinski definition) is 3. The number of hydrogen-bond donors (Lipinski definition) is 1. The van der Waals surface area contributed by atoms with E-state index in [0.29, 0.717) is 9.32 Å². The van der Waals surface area contributed by atoms with Crippen molar-refractivity contribution in [3.05, 3.63) is 55.3 Å². The lowest BCUT2D eigenvalue weighted by Crippen LogP contribution is -2.17. The molecule has 1 aromatic heterocycles. The van der Waals surface area contributed by atoms with E-state index < -0.39 is 0 Å². The molecule has 0 unspecified atom stereocenters. The van der Waals surface area contributed by atoms with Crippen molar-refractivity contribution >= 4 is 34.4 Å². The second kappa shape index (κ2) is 7.26. The average Bonchev–Trinajstić information content (AvgIpc) is 2.44. The van der Waals surface area contributed by atoms with Gasteiger partial charge in [0.05, 0.1) is 15.0 Å². The first-order chi connectivity index (χ1) is 9.60. The number of benzene rings is 1. The molecule has 5 heteroatoms. The Morgan fingerprint density at radius 1 is 1.30 bits per heavy atom. The highest BCUT2D eigenvalue weighted by Gasteiger charge is 2.08. The van der Waals surface area contributed by atoms with Crippen LogP contribution in [0, 0.1) is 10.5 Å². The molecule has 0 aliphatic heterocycles. The summed E-state index contributed by atoms with van der Waals surface area (Å²) in [5.41, 5.74) is 2.14. The fourth-order valence-corrected chi connectivity index (χ4v) is 3.11. The van der Waals surface area contributed by atoms with Crippen molar-refractivity contribution < 1.29 is 0 Å². The minimum absolute atomic E-state index is 0.0245. The van der Waals surface area contributed by atoms with Gasteiger partial charge in [0.1, 0.15) is 5.82 Å². The van der Waals surface area contributed by atoms with Crippen LogP contribution in [0.4, 0.5) is 0 Å². The molecule has 3 nitrogen and oxygen atoms in total. The highest BCUT2D eigenvalue weighted by molar-refractivity contribution is 14.1. The Hall–Kier alpha value is -0.820. The largest absolute Gasteiger partial charge is 0.309 e. The van der Waals surface area contributed by atoms with Gasteiger partial charge in [-0.15, -0.1) is 11.8 Å². The summed E-state index contributed by atoms with van der Waals surface area (Å²) in [6, 6.07) is 8.37. The van der Waals surface area contributed by atoms with E-state index in [4.69, 9.17) is 0 Å². The van der Waals surface area contributed by atoms with Gasteiger partial charge in [-0.05, 0) is 48.1 Å². The van der Waals surface area contributed by atoms with Crippen LogP contribution in [0.2, 0.25) is 0 Å². The zero-order valence-electron chi connectivity index (χ0n) is 11.6. The lowest BCUT2D eigenvalue weighted by Gasteiger charge is -2.06. The molecule has 0 amide bonds. The van der Waals surface area contributed by atoms with Crippen LogP contribution in [0.5, 0.6) is 0 Å². The van der Waals surface area contributed by atoms with Crippen LogP contribution in [0.3, 0.4) is 0 Å². The minimum atomic E-state index is -0.0245. The van der Waals surface area contributed by atoms with Crippen LogP contribution in [-0.2, 0) is 12.2 Å². The third kappa shape index (κ3) is 4.09. The summed E-state index contributed by atoms with van der Waals surface area (Å²) in [5.74, 6) is 1.44. The standard InChI is InChI=1S/C15H17IN2OS/c1-3-4-12-14(16)15(19)18-13(17-12)9-20-11-7-5-10(2)6-8-11/h5-8H,3-4,9H2,1-2H3,(H,17,18,19). The number of aromatic nitrogens is 2. The van der Waals surface area contributed by atoms with E-state index in [-0.39, 0.29) is 5.56 Å². The summed E-state index contributed by atoms with van der Waals surface area (Å²) < 4.78 is 0.716. The molecule has 0 atom stereocenters. The van der Waals surface area contributed by atoms with Gasteiger partial charge in [-0.25, -0.2) is 4.98 Å². The maximum Gasteiger partial charge on any atom is 0.264 e. The number of thioether (sulfide) groups is 1. The predicted molar refractivity (Wildman–Crippen MR) is 92.3 cm³/mol. The third-order valence-corrected chi connectivity index (χ3v) is 5.00. The number of aryl methyl sites for hydroxylation is 2. The van der Waals surface area contributed by atoms with Crippen LogP contribution in [0.15, 0.2) is 34.0 Å². The van der Waals surface area contributed by atoms with Gasteiger partial charge in [0, 0.05) is 4.90 Å². The molecule has 1 aromatic carbocycles. The molecule has 1 heterocycles. The molecule has 20 heavy (non-hydrogen) atoms. The molecule has 0 fully saturated rings. The molecular formula is C15H17IN2OS. The molecule has 0 saturated heterocycles. The Morgan fingerprint density at radius 2 is 2.00 bits per heavy atom. The lowest BCUT2D eigenvalue weighted by molar-refractivity contribution is 0.834. The number of nitrogens with zero attached hydrogens (tertiary/aromatic N) is 1. The van der Waals surface area contributed by atoms with Crippen molar-refractivity contribution in [3.8, 4) is 0 Å². The minimum Gasteiger partial charge on any atom is -0.309 e. The summed E-state index contributed by atoms with van der Waals surface area (Å²) in [6.45, 7) is 4.17. The van der Waals surface area contributed by atoms with Gasteiger partial charge < -0.3 is 4.98 Å². The Morgan fingerprint density at radius 3 is 2.65 bits per heavy atom. The monoisotopic (exact) mass is 400 g/mol. The first-order valence-corrected chi connectivity index (χ1v) is 8.63. The van der Waals surface area contributed by atoms with E-state index >= 15 is 0 Å². The van der Waals surface area contributed by atoms with Gasteiger partial charge in [0.15, 0.2) is 0 Å². The van der Waals surface area contributed by atoms with Crippen molar-refractivity contribution in [2.24, 2.45) is 0 Å². The van der Waals surface area contributed by atoms with Crippen LogP contribution >= 0.6 is 34.4 Å². The van der Waals surface area contributed by atoms with E-state index in [1.807, 2.05) is 0 Å². The van der Waals surface area contributed by atoms with Crippen molar-refractivity contribution in [3.63, 3.8) is 0 Å². The fourth-order valence-electron chi connectivity index (χ4n) is 1.81. The molecule has 0 aliphatic carbocycles. The van der Waals surface area contributed by atoms with Crippen molar-refractivity contribution in [1.29, 1.82) is 0 Å². The molecule has 2 aromatic rings. The zero-order valence-corrected chi connectivity index (χ0v) is 14.5. The van der Waals surface area contributed by atoms with E-state index in [2.05, 4.69) is 70.7 Å². The average molecular weight is 400 g/mol. The summed E-state index contributed by atoms with van der Waals surface area (Å²) in [7, 11) is 0. The molecule has 1 N–H and O–H groups in total. The van der Waals surface area contributed by atoms with E-state index in [1.165, 1.54) is 10.5 Å². The van der Waals surface area contributed by atoms with Crippen molar-refractivity contribution in [2.45, 2.75) is 37.3 Å². The predicted octanol–water partition coefficient (Wildman–Crippen LogP) is 3.93. The normalized spacial score (nSPS) is 10.8. The number of nitrogens with one attached hydrogen (secondary N) is 1. The van der Waals surface area contributed by atoms with Gasteiger partial charge in [-0.2, -0.15) is 0 Å². The van der Waals surface area contributed by atoms with E-state index in [1.54, 1.807) is 11.8 Å². The molecule has 0 radical (unpaired) electrons. The van der Waals surface area contributed by atoms with Crippen LogP contribution in [-0.4, -0.2) is 9.97 Å². The summed E-state index contributed by atoms with van der Waals surface area (Å²) >= 11 is 3.76. The van der Waals surface area contributed by atoms with Crippen molar-refractivity contribution in [1.82, 2.24) is 9.97 Å². The molecule has 106 valence electrons. The van der Waals surface area contributed by atoms with Crippen LogP contribution in [0.1, 0.15) is 30.4 Å². The lowest BCUT2D eigenvalue weighted by atomic mass is 10.2. The van der Waals surface area contributed by atoms with Gasteiger partial charge in [-0.1, -0.05) is 31.0 Å². The first-order valence-electron chi connectivity index (χ1n) is 6.57. The Kier molecular flexibility index (Phi) is 5.65. The number of aromatic amines is 1. The number of H-pyrrole nitrogens is 1. The Labute approximate surface area is 136 Å². The van der Waals surface area contributed by atoms with Gasteiger partial charge >= 0.3 is 0 Å². The fraction of sp³-hybridized carbons (Fsp3) is 0.333. The molecule has 0 saturated carbocycles. The van der Waals surface area contributed by atoms with E-state index in [9.17, 15) is 4.79 Å². The molecule has 0 spiro atoms. The highest BCUT2D eigenvalue weighted by Crippen LogP contribution is 2.21. The highest BCUT2D eigenvalue weighted by atomic mass is 127. The van der Waals surface area contributed by atoms with Gasteiger partial charge in [0.25, 0.3) is 5.56 Å². The summed E-state index contributed by atoms with van der Waals surface area (Å²) in [5, 5.41) is 0. The number of rotatable bonds is 5. The van der Waals surface area contributed by atoms with Gasteiger partial charge in [0.2, 0.25) is 0 Å². The second-order valence-electron chi connectivity index (χ2n) is 4.63. The molecule has 0 bridgehead atoms.